The van der Waals surface area contributed by atoms with E-state index in [-0.39, 0.29) is 24.4 Å². The second-order valence-corrected chi connectivity index (χ2v) is 5.92. The molecule has 1 heterocycles. The van der Waals surface area contributed by atoms with Gasteiger partial charge in [-0.25, -0.2) is 0 Å². The van der Waals surface area contributed by atoms with Crippen LogP contribution in [0.2, 0.25) is 0 Å². The Hall–Kier alpha value is -2.24. The van der Waals surface area contributed by atoms with E-state index < -0.39 is 0 Å². The Labute approximate surface area is 135 Å². The van der Waals surface area contributed by atoms with Crippen LogP contribution in [0.3, 0.4) is 0 Å². The molecular weight excluding hydrogens is 298 g/mol. The van der Waals surface area contributed by atoms with E-state index in [1.165, 1.54) is 0 Å². The minimum Gasteiger partial charge on any atom is -0.493 e. The Kier molecular flexibility index (Phi) is 4.41. The number of carbonyl (C=O) groups excluding carboxylic acids is 2. The van der Waals surface area contributed by atoms with E-state index in [0.29, 0.717) is 24.6 Å². The maximum absolute atomic E-state index is 12.2. The highest BCUT2D eigenvalue weighted by Crippen LogP contribution is 2.33. The molecule has 1 aliphatic carbocycles. The molecule has 124 valence electrons. The molecule has 0 atom stereocenters. The highest BCUT2D eigenvalue weighted by Gasteiger charge is 2.32. The van der Waals surface area contributed by atoms with Crippen molar-refractivity contribution >= 4 is 11.9 Å². The van der Waals surface area contributed by atoms with E-state index in [9.17, 15) is 9.59 Å². The molecule has 3 rings (SSSR count). The third-order valence-corrected chi connectivity index (χ3v) is 4.32. The number of rotatable bonds is 5. The largest absolute Gasteiger partial charge is 0.493 e. The van der Waals surface area contributed by atoms with E-state index >= 15 is 0 Å². The number of amides is 1. The Morgan fingerprint density at radius 1 is 1.13 bits per heavy atom. The Bertz CT molecular complexity index is 624. The van der Waals surface area contributed by atoms with Gasteiger partial charge in [0, 0.05) is 13.1 Å². The van der Waals surface area contributed by atoms with Gasteiger partial charge in [-0.05, 0) is 42.5 Å². The first-order valence-electron chi connectivity index (χ1n) is 7.80. The van der Waals surface area contributed by atoms with Crippen LogP contribution in [0.4, 0.5) is 0 Å². The van der Waals surface area contributed by atoms with Gasteiger partial charge in [0.2, 0.25) is 0 Å². The summed E-state index contributed by atoms with van der Waals surface area (Å²) in [6.07, 6.45) is 2.51. The van der Waals surface area contributed by atoms with Crippen molar-refractivity contribution < 1.29 is 23.8 Å². The lowest BCUT2D eigenvalue weighted by Gasteiger charge is -2.29. The van der Waals surface area contributed by atoms with E-state index in [2.05, 4.69) is 0 Å². The van der Waals surface area contributed by atoms with Crippen molar-refractivity contribution in [2.24, 2.45) is 5.92 Å². The van der Waals surface area contributed by atoms with Crippen LogP contribution in [0.15, 0.2) is 12.1 Å². The van der Waals surface area contributed by atoms with E-state index in [4.69, 9.17) is 14.2 Å². The van der Waals surface area contributed by atoms with Crippen LogP contribution in [0.25, 0.3) is 0 Å². The topological polar surface area (TPSA) is 65.1 Å². The molecule has 1 aliphatic heterocycles. The lowest BCUT2D eigenvalue weighted by Crippen LogP contribution is -2.38. The molecule has 0 spiro atoms. The quantitative estimate of drug-likeness (QED) is 0.770. The zero-order chi connectivity index (χ0) is 16.4. The molecule has 0 unspecified atom stereocenters. The third kappa shape index (κ3) is 3.41. The van der Waals surface area contributed by atoms with Gasteiger partial charge in [-0.2, -0.15) is 0 Å². The van der Waals surface area contributed by atoms with Crippen molar-refractivity contribution in [2.75, 3.05) is 27.4 Å². The zero-order valence-corrected chi connectivity index (χ0v) is 13.5. The van der Waals surface area contributed by atoms with Crippen molar-refractivity contribution in [3.05, 3.63) is 23.3 Å². The maximum Gasteiger partial charge on any atom is 0.309 e. The minimum atomic E-state index is -0.248. The Balaban J connectivity index is 1.64. The number of hydrogen-bond donors (Lipinski definition) is 0. The monoisotopic (exact) mass is 319 g/mol. The lowest BCUT2D eigenvalue weighted by atomic mass is 9.99. The van der Waals surface area contributed by atoms with Gasteiger partial charge >= 0.3 is 5.97 Å². The summed E-state index contributed by atoms with van der Waals surface area (Å²) < 4.78 is 15.7. The fourth-order valence-corrected chi connectivity index (χ4v) is 2.76. The normalized spacial score (nSPS) is 16.5. The van der Waals surface area contributed by atoms with Crippen molar-refractivity contribution in [2.45, 2.75) is 25.8 Å². The summed E-state index contributed by atoms with van der Waals surface area (Å²) >= 11 is 0. The van der Waals surface area contributed by atoms with Crippen molar-refractivity contribution in [3.8, 4) is 11.5 Å². The van der Waals surface area contributed by atoms with Gasteiger partial charge in [-0.1, -0.05) is 0 Å². The molecule has 0 aromatic heterocycles. The second kappa shape index (κ2) is 6.48. The smallest absolute Gasteiger partial charge is 0.309 e. The average Bonchev–Trinajstić information content (AvgIpc) is 3.42. The molecule has 0 N–H and O–H groups in total. The number of ether oxygens (including phenoxy) is 3. The fourth-order valence-electron chi connectivity index (χ4n) is 2.76. The van der Waals surface area contributed by atoms with E-state index in [1.807, 2.05) is 12.1 Å². The van der Waals surface area contributed by atoms with Gasteiger partial charge in [0.25, 0.3) is 5.91 Å². The highest BCUT2D eigenvalue weighted by molar-refractivity contribution is 5.82. The number of carbonyl (C=O) groups is 2. The van der Waals surface area contributed by atoms with Crippen molar-refractivity contribution in [3.63, 3.8) is 0 Å². The maximum atomic E-state index is 12.2. The average molecular weight is 319 g/mol. The van der Waals surface area contributed by atoms with Crippen LogP contribution in [0.1, 0.15) is 24.0 Å². The summed E-state index contributed by atoms with van der Waals surface area (Å²) in [4.78, 5) is 25.5. The number of benzene rings is 1. The zero-order valence-electron chi connectivity index (χ0n) is 13.5. The van der Waals surface area contributed by atoms with Crippen LogP contribution in [-0.4, -0.2) is 44.1 Å². The SMILES string of the molecule is COc1cc2c(cc1OC)CN(C(=O)COC(=O)C1CC1)CC2. The van der Waals surface area contributed by atoms with E-state index in [0.717, 1.165) is 30.4 Å². The number of esters is 1. The summed E-state index contributed by atoms with van der Waals surface area (Å²) in [5, 5.41) is 0. The molecule has 23 heavy (non-hydrogen) atoms. The molecule has 0 bridgehead atoms. The summed E-state index contributed by atoms with van der Waals surface area (Å²) in [7, 11) is 3.20. The molecule has 1 amide bonds. The molecule has 0 saturated heterocycles. The molecule has 6 heteroatoms. The standard InChI is InChI=1S/C17H21NO5/c1-21-14-7-12-5-6-18(9-13(12)8-15(14)22-2)16(19)10-23-17(20)11-3-4-11/h7-8,11H,3-6,9-10H2,1-2H3. The number of fused-ring (bicyclic) bond motifs is 1. The lowest BCUT2D eigenvalue weighted by molar-refractivity contribution is -0.153. The van der Waals surface area contributed by atoms with Gasteiger partial charge < -0.3 is 19.1 Å². The molecule has 1 aromatic rings. The highest BCUT2D eigenvalue weighted by atomic mass is 16.5. The van der Waals surface area contributed by atoms with Crippen molar-refractivity contribution in [1.29, 1.82) is 0 Å². The predicted molar refractivity (Wildman–Crippen MR) is 82.4 cm³/mol. The summed E-state index contributed by atoms with van der Waals surface area (Å²) in [5.74, 6) is 0.966. The van der Waals surface area contributed by atoms with Crippen LogP contribution < -0.4 is 9.47 Å². The van der Waals surface area contributed by atoms with E-state index in [1.54, 1.807) is 19.1 Å². The molecule has 1 fully saturated rings. The number of methoxy groups -OCH3 is 2. The summed E-state index contributed by atoms with van der Waals surface area (Å²) in [6.45, 7) is 0.940. The third-order valence-electron chi connectivity index (χ3n) is 4.32. The predicted octanol–water partition coefficient (Wildman–Crippen LogP) is 1.54. The molecular formula is C17H21NO5. The van der Waals surface area contributed by atoms with Gasteiger partial charge in [0.1, 0.15) is 0 Å². The summed E-state index contributed by atoms with van der Waals surface area (Å²) in [5.41, 5.74) is 2.19. The fraction of sp³-hybridized carbons (Fsp3) is 0.529. The van der Waals surface area contributed by atoms with Gasteiger partial charge in [-0.15, -0.1) is 0 Å². The Morgan fingerprint density at radius 3 is 2.39 bits per heavy atom. The minimum absolute atomic E-state index is 0.0154. The first-order chi connectivity index (χ1) is 11.1. The second-order valence-electron chi connectivity index (χ2n) is 5.92. The molecule has 1 aromatic carbocycles. The first-order valence-corrected chi connectivity index (χ1v) is 7.80. The van der Waals surface area contributed by atoms with Crippen LogP contribution >= 0.6 is 0 Å². The van der Waals surface area contributed by atoms with Gasteiger partial charge in [-0.3, -0.25) is 9.59 Å². The Morgan fingerprint density at radius 2 is 1.78 bits per heavy atom. The van der Waals surface area contributed by atoms with Crippen LogP contribution in [-0.2, 0) is 27.3 Å². The summed E-state index contributed by atoms with van der Waals surface area (Å²) in [6, 6.07) is 3.87. The molecule has 6 nitrogen and oxygen atoms in total. The molecule has 2 aliphatic rings. The molecule has 1 saturated carbocycles. The van der Waals surface area contributed by atoms with Gasteiger partial charge in [0.15, 0.2) is 18.1 Å². The van der Waals surface area contributed by atoms with Crippen LogP contribution in [0.5, 0.6) is 11.5 Å². The number of nitrogens with zero attached hydrogens (tertiary/aromatic N) is 1. The first kappa shape index (κ1) is 15.6. The molecule has 0 radical (unpaired) electrons. The van der Waals surface area contributed by atoms with Gasteiger partial charge in [0.05, 0.1) is 20.1 Å². The van der Waals surface area contributed by atoms with Crippen LogP contribution in [0, 0.1) is 5.92 Å². The van der Waals surface area contributed by atoms with Crippen molar-refractivity contribution in [1.82, 2.24) is 4.90 Å². The number of hydrogen-bond acceptors (Lipinski definition) is 5.